The number of hydrogen-bond donors (Lipinski definition) is 1. The molecule has 1 saturated heterocycles. The Hall–Kier alpha value is -1.22. The molecule has 9 heteroatoms. The molecule has 1 aliphatic rings. The van der Waals surface area contributed by atoms with E-state index in [-0.39, 0.29) is 5.57 Å². The second-order valence-electron chi connectivity index (χ2n) is 5.22. The van der Waals surface area contributed by atoms with Gasteiger partial charge in [0.1, 0.15) is 0 Å². The van der Waals surface area contributed by atoms with E-state index in [0.29, 0.717) is 0 Å². The molecule has 1 N–H and O–H groups in total. The van der Waals surface area contributed by atoms with Crippen LogP contribution in [0, 0.1) is 5.92 Å². The van der Waals surface area contributed by atoms with Gasteiger partial charge in [-0.25, -0.2) is 4.79 Å². The van der Waals surface area contributed by atoms with Crippen molar-refractivity contribution in [2.75, 3.05) is 6.61 Å². The quantitative estimate of drug-likeness (QED) is 0.493. The maximum atomic E-state index is 14.3. The zero-order valence-electron chi connectivity index (χ0n) is 11.6. The first-order chi connectivity index (χ1) is 9.23. The zero-order valence-corrected chi connectivity index (χ0v) is 11.6. The maximum absolute atomic E-state index is 14.3. The molecule has 1 heterocycles. The third-order valence-electron chi connectivity index (χ3n) is 3.39. The summed E-state index contributed by atoms with van der Waals surface area (Å²) in [5.41, 5.74) is -3.22. The number of hydrogen-bond acceptors (Lipinski definition) is 4. The lowest BCUT2D eigenvalue weighted by Gasteiger charge is -2.39. The Bertz CT molecular complexity index is 459. The van der Waals surface area contributed by atoms with Gasteiger partial charge >= 0.3 is 23.9 Å². The summed E-state index contributed by atoms with van der Waals surface area (Å²) in [6, 6.07) is 0. The van der Waals surface area contributed by atoms with Gasteiger partial charge in [0, 0.05) is 11.5 Å². The molecule has 0 aromatic carbocycles. The molecule has 2 unspecified atom stereocenters. The summed E-state index contributed by atoms with van der Waals surface area (Å²) >= 11 is 0. The van der Waals surface area contributed by atoms with Gasteiger partial charge in [0.05, 0.1) is 6.61 Å². The predicted octanol–water partition coefficient (Wildman–Crippen LogP) is 2.42. The SMILES string of the molecule is C=C(C)C(=O)OC1(C(C)C)COC(O)(C(F)(F)F)C1(F)F. The Morgan fingerprint density at radius 3 is 2.14 bits per heavy atom. The lowest BCUT2D eigenvalue weighted by molar-refractivity contribution is -0.411. The molecule has 1 fully saturated rings. The van der Waals surface area contributed by atoms with Gasteiger partial charge in [0.25, 0.3) is 0 Å². The summed E-state index contributed by atoms with van der Waals surface area (Å²) in [6.45, 7) is 5.29. The van der Waals surface area contributed by atoms with Crippen LogP contribution in [0.3, 0.4) is 0 Å². The fourth-order valence-corrected chi connectivity index (χ4v) is 1.93. The standard InChI is InChI=1S/C12H15F5O4/c1-6(2)8(18)21-9(7(3)4)5-20-11(19,10(9,13)14)12(15,16)17/h7,19H,1,5H2,2-4H3. The summed E-state index contributed by atoms with van der Waals surface area (Å²) in [5.74, 6) is -12.2. The lowest BCUT2D eigenvalue weighted by Crippen LogP contribution is -2.66. The van der Waals surface area contributed by atoms with Crippen LogP contribution >= 0.6 is 0 Å². The minimum atomic E-state index is -5.76. The van der Waals surface area contributed by atoms with E-state index in [1.807, 2.05) is 0 Å². The number of aliphatic hydroxyl groups is 1. The molecule has 122 valence electrons. The molecule has 0 aliphatic carbocycles. The van der Waals surface area contributed by atoms with Gasteiger partial charge in [-0.1, -0.05) is 20.4 Å². The molecule has 0 amide bonds. The van der Waals surface area contributed by atoms with E-state index < -0.39 is 42.0 Å². The summed E-state index contributed by atoms with van der Waals surface area (Å²) in [7, 11) is 0. The number of carbonyl (C=O) groups is 1. The number of ether oxygens (including phenoxy) is 2. The largest absolute Gasteiger partial charge is 0.449 e. The van der Waals surface area contributed by atoms with E-state index in [0.717, 1.165) is 20.8 Å². The van der Waals surface area contributed by atoms with Gasteiger partial charge in [-0.2, -0.15) is 22.0 Å². The number of halogens is 5. The van der Waals surface area contributed by atoms with Crippen molar-refractivity contribution >= 4 is 5.97 Å². The Balaban J connectivity index is 3.37. The van der Waals surface area contributed by atoms with Crippen LogP contribution in [0.5, 0.6) is 0 Å². The van der Waals surface area contributed by atoms with Crippen molar-refractivity contribution in [1.29, 1.82) is 0 Å². The maximum Gasteiger partial charge on any atom is 0.449 e. The molecule has 0 aromatic rings. The van der Waals surface area contributed by atoms with Gasteiger partial charge < -0.3 is 14.6 Å². The van der Waals surface area contributed by atoms with Crippen molar-refractivity contribution in [2.45, 2.75) is 44.3 Å². The summed E-state index contributed by atoms with van der Waals surface area (Å²) < 4.78 is 75.3. The Labute approximate surface area is 117 Å². The topological polar surface area (TPSA) is 55.8 Å². The Morgan fingerprint density at radius 2 is 1.86 bits per heavy atom. The molecule has 21 heavy (non-hydrogen) atoms. The summed E-state index contributed by atoms with van der Waals surface area (Å²) in [6.07, 6.45) is -5.76. The number of alkyl halides is 5. The smallest absolute Gasteiger partial charge is 0.446 e. The van der Waals surface area contributed by atoms with Crippen LogP contribution in [0.2, 0.25) is 0 Å². The molecular weight excluding hydrogens is 303 g/mol. The average molecular weight is 318 g/mol. The normalized spacial score (nSPS) is 32.3. The minimum Gasteiger partial charge on any atom is -0.446 e. The fraction of sp³-hybridized carbons (Fsp3) is 0.750. The van der Waals surface area contributed by atoms with Crippen LogP contribution in [0.1, 0.15) is 20.8 Å². The van der Waals surface area contributed by atoms with E-state index in [4.69, 9.17) is 0 Å². The number of esters is 1. The van der Waals surface area contributed by atoms with Crippen molar-refractivity contribution in [3.8, 4) is 0 Å². The molecule has 0 aromatic heterocycles. The highest BCUT2D eigenvalue weighted by Crippen LogP contribution is 2.56. The molecule has 1 rings (SSSR count). The predicted molar refractivity (Wildman–Crippen MR) is 60.4 cm³/mol. The average Bonchev–Trinajstić information content (AvgIpc) is 2.50. The van der Waals surface area contributed by atoms with Crippen molar-refractivity contribution in [2.24, 2.45) is 5.92 Å². The van der Waals surface area contributed by atoms with Crippen molar-refractivity contribution in [3.63, 3.8) is 0 Å². The van der Waals surface area contributed by atoms with Crippen molar-refractivity contribution in [3.05, 3.63) is 12.2 Å². The van der Waals surface area contributed by atoms with E-state index in [2.05, 4.69) is 16.1 Å². The number of carbonyl (C=O) groups excluding carboxylic acids is 1. The minimum absolute atomic E-state index is 0.270. The van der Waals surface area contributed by atoms with Crippen molar-refractivity contribution in [1.82, 2.24) is 0 Å². The van der Waals surface area contributed by atoms with E-state index in [1.165, 1.54) is 0 Å². The van der Waals surface area contributed by atoms with Gasteiger partial charge in [0.2, 0.25) is 5.60 Å². The lowest BCUT2D eigenvalue weighted by atomic mass is 9.82. The third kappa shape index (κ3) is 2.32. The van der Waals surface area contributed by atoms with E-state index >= 15 is 0 Å². The molecule has 0 spiro atoms. The first-order valence-electron chi connectivity index (χ1n) is 5.92. The molecule has 2 atom stereocenters. The number of rotatable bonds is 3. The van der Waals surface area contributed by atoms with Crippen LogP contribution in [-0.4, -0.2) is 41.2 Å². The molecule has 4 nitrogen and oxygen atoms in total. The van der Waals surface area contributed by atoms with E-state index in [9.17, 15) is 31.9 Å². The molecule has 0 bridgehead atoms. The van der Waals surface area contributed by atoms with Crippen LogP contribution < -0.4 is 0 Å². The second kappa shape index (κ2) is 4.91. The molecule has 0 radical (unpaired) electrons. The Morgan fingerprint density at radius 1 is 1.38 bits per heavy atom. The highest BCUT2D eigenvalue weighted by Gasteiger charge is 2.84. The van der Waals surface area contributed by atoms with Gasteiger partial charge in [-0.05, 0) is 6.92 Å². The fourth-order valence-electron chi connectivity index (χ4n) is 1.93. The van der Waals surface area contributed by atoms with Crippen molar-refractivity contribution < 1.29 is 41.3 Å². The van der Waals surface area contributed by atoms with Gasteiger partial charge in [0.15, 0.2) is 0 Å². The van der Waals surface area contributed by atoms with Crippen LogP contribution in [-0.2, 0) is 14.3 Å². The molecule has 1 aliphatic heterocycles. The summed E-state index contributed by atoms with van der Waals surface area (Å²) in [4.78, 5) is 11.5. The second-order valence-corrected chi connectivity index (χ2v) is 5.22. The highest BCUT2D eigenvalue weighted by atomic mass is 19.4. The molecular formula is C12H15F5O4. The van der Waals surface area contributed by atoms with Crippen LogP contribution in [0.25, 0.3) is 0 Å². The highest BCUT2D eigenvalue weighted by molar-refractivity contribution is 5.87. The first-order valence-corrected chi connectivity index (χ1v) is 5.92. The van der Waals surface area contributed by atoms with Gasteiger partial charge in [-0.3, -0.25) is 0 Å². The molecule has 0 saturated carbocycles. The summed E-state index contributed by atoms with van der Waals surface area (Å²) in [5, 5.41) is 9.28. The van der Waals surface area contributed by atoms with E-state index in [1.54, 1.807) is 0 Å². The van der Waals surface area contributed by atoms with Crippen LogP contribution in [0.4, 0.5) is 22.0 Å². The zero-order chi connectivity index (χ0) is 16.9. The van der Waals surface area contributed by atoms with Gasteiger partial charge in [-0.15, -0.1) is 0 Å². The Kier molecular flexibility index (Phi) is 4.17. The van der Waals surface area contributed by atoms with Crippen LogP contribution in [0.15, 0.2) is 12.2 Å². The monoisotopic (exact) mass is 318 g/mol. The third-order valence-corrected chi connectivity index (χ3v) is 3.39. The first kappa shape index (κ1) is 17.8.